The zero-order valence-electron chi connectivity index (χ0n) is 14.5. The number of benzene rings is 3. The number of para-hydroxylation sites is 3. The fourth-order valence-electron chi connectivity index (χ4n) is 3.33. The third-order valence-corrected chi connectivity index (χ3v) is 4.60. The molecule has 0 unspecified atom stereocenters. The van der Waals surface area contributed by atoms with Crippen LogP contribution in [-0.4, -0.2) is 20.0 Å². The van der Waals surface area contributed by atoms with Crippen LogP contribution in [0.4, 0.5) is 30.2 Å². The molecule has 3 aromatic carbocycles. The van der Waals surface area contributed by atoms with Gasteiger partial charge in [-0.3, -0.25) is 0 Å². The van der Waals surface area contributed by atoms with E-state index >= 15 is 0 Å². The van der Waals surface area contributed by atoms with Gasteiger partial charge in [-0.1, -0.05) is 36.4 Å². The molecule has 0 radical (unpaired) electrons. The van der Waals surface area contributed by atoms with E-state index in [1.807, 2.05) is 0 Å². The Kier molecular flexibility index (Phi) is 4.62. The monoisotopic (exact) mass is 369 g/mol. The number of hydrogen-bond donors (Lipinski definition) is 0. The van der Waals surface area contributed by atoms with Crippen molar-refractivity contribution in [3.05, 3.63) is 90.2 Å². The molecule has 6 heteroatoms. The van der Waals surface area contributed by atoms with Gasteiger partial charge in [-0.05, 0) is 36.4 Å². The Hall–Kier alpha value is -3.15. The molecule has 0 bridgehead atoms. The van der Waals surface area contributed by atoms with Crippen molar-refractivity contribution in [2.24, 2.45) is 0 Å². The zero-order valence-corrected chi connectivity index (χ0v) is 14.5. The highest BCUT2D eigenvalue weighted by atomic mass is 19.1. The van der Waals surface area contributed by atoms with Crippen LogP contribution in [0.3, 0.4) is 0 Å². The van der Waals surface area contributed by atoms with Gasteiger partial charge in [0, 0.05) is 0 Å². The Balaban J connectivity index is 1.74. The molecule has 0 atom stereocenters. The van der Waals surface area contributed by atoms with E-state index in [2.05, 4.69) is 0 Å². The average Bonchev–Trinajstić information content (AvgIpc) is 2.69. The van der Waals surface area contributed by atoms with Crippen LogP contribution >= 0.6 is 0 Å². The van der Waals surface area contributed by atoms with Crippen molar-refractivity contribution in [2.45, 2.75) is 0 Å². The molecule has 1 aliphatic rings. The first-order valence-corrected chi connectivity index (χ1v) is 8.62. The third kappa shape index (κ3) is 3.43. The van der Waals surface area contributed by atoms with Gasteiger partial charge in [0.25, 0.3) is 0 Å². The summed E-state index contributed by atoms with van der Waals surface area (Å²) in [4.78, 5) is 5.28. The molecule has 1 aliphatic heterocycles. The summed E-state index contributed by atoms with van der Waals surface area (Å²) in [6, 6.07) is 19.2. The predicted octanol–water partition coefficient (Wildman–Crippen LogP) is 4.81. The molecule has 4 rings (SSSR count). The highest BCUT2D eigenvalue weighted by molar-refractivity contribution is 5.59. The number of anilines is 3. The first-order chi connectivity index (χ1) is 13.1. The van der Waals surface area contributed by atoms with E-state index in [0.29, 0.717) is 17.1 Å². The van der Waals surface area contributed by atoms with Crippen LogP contribution in [0, 0.1) is 17.5 Å². The topological polar surface area (TPSA) is 9.72 Å². The van der Waals surface area contributed by atoms with Gasteiger partial charge in [0.15, 0.2) is 0 Å². The second kappa shape index (κ2) is 7.23. The van der Waals surface area contributed by atoms with Gasteiger partial charge in [-0.2, -0.15) is 0 Å². The molecule has 27 heavy (non-hydrogen) atoms. The summed E-state index contributed by atoms with van der Waals surface area (Å²) in [6.07, 6.45) is 0. The summed E-state index contributed by atoms with van der Waals surface area (Å²) in [5, 5.41) is 0. The highest BCUT2D eigenvalue weighted by Gasteiger charge is 2.28. The lowest BCUT2D eigenvalue weighted by molar-refractivity contribution is 0.552. The highest BCUT2D eigenvalue weighted by Crippen LogP contribution is 2.30. The van der Waals surface area contributed by atoms with Crippen LogP contribution < -0.4 is 14.7 Å². The maximum absolute atomic E-state index is 14.4. The molecule has 1 saturated heterocycles. The summed E-state index contributed by atoms with van der Waals surface area (Å²) in [5.41, 5.74) is 1.17. The first kappa shape index (κ1) is 17.3. The fraction of sp³-hybridized carbons (Fsp3) is 0.143. The summed E-state index contributed by atoms with van der Waals surface area (Å²) < 4.78 is 43.1. The lowest BCUT2D eigenvalue weighted by Gasteiger charge is -2.45. The van der Waals surface area contributed by atoms with E-state index in [4.69, 9.17) is 0 Å². The largest absolute Gasteiger partial charge is 0.334 e. The Bertz CT molecular complexity index is 819. The Morgan fingerprint density at radius 2 is 0.704 bits per heavy atom. The zero-order chi connectivity index (χ0) is 18.8. The van der Waals surface area contributed by atoms with Crippen molar-refractivity contribution < 1.29 is 13.2 Å². The van der Waals surface area contributed by atoms with Crippen LogP contribution in [0.25, 0.3) is 0 Å². The van der Waals surface area contributed by atoms with Crippen molar-refractivity contribution in [3.63, 3.8) is 0 Å². The molecule has 0 saturated carbocycles. The first-order valence-electron chi connectivity index (χ1n) is 8.62. The van der Waals surface area contributed by atoms with E-state index in [-0.39, 0.29) is 37.5 Å². The van der Waals surface area contributed by atoms with Crippen molar-refractivity contribution >= 4 is 17.1 Å². The Morgan fingerprint density at radius 1 is 0.444 bits per heavy atom. The van der Waals surface area contributed by atoms with Gasteiger partial charge in [0.2, 0.25) is 0 Å². The average molecular weight is 369 g/mol. The second-order valence-electron chi connectivity index (χ2n) is 6.40. The van der Waals surface area contributed by atoms with Gasteiger partial charge in [-0.25, -0.2) is 13.2 Å². The molecule has 0 aromatic heterocycles. The minimum atomic E-state index is -0.374. The van der Waals surface area contributed by atoms with E-state index in [0.717, 1.165) is 0 Å². The lowest BCUT2D eigenvalue weighted by Crippen LogP contribution is -2.56. The molecule has 3 nitrogen and oxygen atoms in total. The van der Waals surface area contributed by atoms with E-state index in [1.165, 1.54) is 18.2 Å². The number of halogens is 3. The Morgan fingerprint density at radius 3 is 0.963 bits per heavy atom. The molecule has 138 valence electrons. The minimum absolute atomic E-state index is 0.285. The fourth-order valence-corrected chi connectivity index (χ4v) is 3.33. The quantitative estimate of drug-likeness (QED) is 0.656. The molecule has 0 spiro atoms. The SMILES string of the molecule is Fc1ccccc1N1CN(c2ccccc2F)CN(c2ccccc2F)C1. The normalized spacial score (nSPS) is 14.6. The number of nitrogens with zero attached hydrogens (tertiary/aromatic N) is 3. The number of rotatable bonds is 3. The van der Waals surface area contributed by atoms with Gasteiger partial charge in [0.05, 0.1) is 37.1 Å². The van der Waals surface area contributed by atoms with E-state index < -0.39 is 0 Å². The molecule has 0 amide bonds. The van der Waals surface area contributed by atoms with Gasteiger partial charge >= 0.3 is 0 Å². The molecule has 1 heterocycles. The van der Waals surface area contributed by atoms with Crippen molar-refractivity contribution in [1.29, 1.82) is 0 Å². The Labute approximate surface area is 155 Å². The maximum atomic E-state index is 14.4. The summed E-state index contributed by atoms with van der Waals surface area (Å²) in [7, 11) is 0. The summed E-state index contributed by atoms with van der Waals surface area (Å²) in [6.45, 7) is 0.854. The minimum Gasteiger partial charge on any atom is -0.334 e. The molecule has 1 fully saturated rings. The second-order valence-corrected chi connectivity index (χ2v) is 6.40. The molecular formula is C21H18F3N3. The van der Waals surface area contributed by atoms with E-state index in [9.17, 15) is 13.2 Å². The van der Waals surface area contributed by atoms with Crippen LogP contribution in [0.1, 0.15) is 0 Å². The molecule has 0 N–H and O–H groups in total. The smallest absolute Gasteiger partial charge is 0.146 e. The predicted molar refractivity (Wildman–Crippen MR) is 101 cm³/mol. The van der Waals surface area contributed by atoms with Crippen molar-refractivity contribution in [1.82, 2.24) is 0 Å². The number of hydrogen-bond acceptors (Lipinski definition) is 3. The van der Waals surface area contributed by atoms with Crippen molar-refractivity contribution in [2.75, 3.05) is 34.7 Å². The molecular weight excluding hydrogens is 351 g/mol. The van der Waals surface area contributed by atoms with Crippen LogP contribution in [0.5, 0.6) is 0 Å². The van der Waals surface area contributed by atoms with Crippen molar-refractivity contribution in [3.8, 4) is 0 Å². The molecule has 3 aromatic rings. The third-order valence-electron chi connectivity index (χ3n) is 4.60. The van der Waals surface area contributed by atoms with Crippen LogP contribution in [0.15, 0.2) is 72.8 Å². The van der Waals surface area contributed by atoms with Gasteiger partial charge in [-0.15, -0.1) is 0 Å². The summed E-state index contributed by atoms with van der Waals surface area (Å²) in [5.74, 6) is -1.12. The van der Waals surface area contributed by atoms with Gasteiger partial charge < -0.3 is 14.7 Å². The van der Waals surface area contributed by atoms with Crippen LogP contribution in [0.2, 0.25) is 0 Å². The maximum Gasteiger partial charge on any atom is 0.146 e. The van der Waals surface area contributed by atoms with E-state index in [1.54, 1.807) is 69.3 Å². The molecule has 0 aliphatic carbocycles. The standard InChI is InChI=1S/C21H18F3N3/c22-16-7-1-4-10-19(16)25-13-26(20-11-5-2-8-17(20)23)15-27(14-25)21-12-6-3-9-18(21)24/h1-12H,13-15H2. The van der Waals surface area contributed by atoms with Crippen LogP contribution in [-0.2, 0) is 0 Å². The summed E-state index contributed by atoms with van der Waals surface area (Å²) >= 11 is 0. The van der Waals surface area contributed by atoms with Gasteiger partial charge in [0.1, 0.15) is 17.5 Å². The lowest BCUT2D eigenvalue weighted by atomic mass is 10.2.